The molecule has 33 heavy (non-hydrogen) atoms. The number of ether oxygens (including phenoxy) is 1. The van der Waals surface area contributed by atoms with Crippen LogP contribution >= 0.6 is 11.6 Å². The molecule has 1 aliphatic carbocycles. The molecule has 0 fully saturated rings. The highest BCUT2D eigenvalue weighted by Gasteiger charge is 2.43. The van der Waals surface area contributed by atoms with Crippen molar-refractivity contribution < 1.29 is 19.2 Å². The minimum Gasteiger partial charge on any atom is -0.463 e. The molecule has 0 aromatic heterocycles. The summed E-state index contributed by atoms with van der Waals surface area (Å²) in [6, 6.07) is 12.9. The number of halogens is 1. The number of anilines is 1. The standard InChI is InChI=1S/C24H22ClN3O5/c1-2-33-24(30)22-20(14-9-11-15(25)12-10-14)21-18(7-4-8-19(21)29)27(23(22)26)16-5-3-6-17(13-16)28(31)32/h3,5-6,9-13,20H,2,4,7-8,26H2,1H3/t20-/m1/s1. The van der Waals surface area contributed by atoms with Crippen LogP contribution in [0, 0.1) is 10.1 Å². The number of esters is 1. The average Bonchev–Trinajstić information content (AvgIpc) is 2.79. The number of nitrogens with zero attached hydrogens (tertiary/aromatic N) is 2. The van der Waals surface area contributed by atoms with Crippen molar-refractivity contribution in [2.45, 2.75) is 32.1 Å². The molecule has 2 aromatic rings. The Hall–Kier alpha value is -3.65. The summed E-state index contributed by atoms with van der Waals surface area (Å²) in [5, 5.41) is 11.9. The van der Waals surface area contributed by atoms with Crippen LogP contribution in [0.5, 0.6) is 0 Å². The van der Waals surface area contributed by atoms with E-state index in [1.807, 2.05) is 0 Å². The molecule has 2 aromatic carbocycles. The number of ketones is 1. The molecule has 0 amide bonds. The van der Waals surface area contributed by atoms with Crippen LogP contribution < -0.4 is 10.6 Å². The molecule has 0 unspecified atom stereocenters. The third kappa shape index (κ3) is 4.09. The minimum absolute atomic E-state index is 0.0855. The van der Waals surface area contributed by atoms with Gasteiger partial charge in [-0.05, 0) is 43.5 Å². The van der Waals surface area contributed by atoms with Crippen LogP contribution in [0.4, 0.5) is 11.4 Å². The van der Waals surface area contributed by atoms with E-state index in [2.05, 4.69) is 0 Å². The number of hydrogen-bond donors (Lipinski definition) is 1. The van der Waals surface area contributed by atoms with Gasteiger partial charge in [0.2, 0.25) is 0 Å². The molecule has 1 heterocycles. The molecule has 9 heteroatoms. The summed E-state index contributed by atoms with van der Waals surface area (Å²) >= 11 is 6.07. The van der Waals surface area contributed by atoms with Gasteiger partial charge in [-0.15, -0.1) is 0 Å². The topological polar surface area (TPSA) is 116 Å². The predicted molar refractivity (Wildman–Crippen MR) is 123 cm³/mol. The fourth-order valence-corrected chi connectivity index (χ4v) is 4.55. The molecule has 1 aliphatic heterocycles. The maximum atomic E-state index is 13.2. The lowest BCUT2D eigenvalue weighted by Crippen LogP contribution is -2.41. The maximum absolute atomic E-state index is 13.2. The molecule has 0 saturated carbocycles. The average molecular weight is 468 g/mol. The van der Waals surface area contributed by atoms with E-state index in [1.165, 1.54) is 12.1 Å². The summed E-state index contributed by atoms with van der Waals surface area (Å²) < 4.78 is 5.32. The van der Waals surface area contributed by atoms with Gasteiger partial charge in [0, 0.05) is 34.8 Å². The Bertz CT molecular complexity index is 1200. The van der Waals surface area contributed by atoms with Crippen molar-refractivity contribution in [3.63, 3.8) is 0 Å². The fraction of sp³-hybridized carbons (Fsp3) is 0.250. The monoisotopic (exact) mass is 467 g/mol. The van der Waals surface area contributed by atoms with Crippen LogP contribution in [-0.2, 0) is 14.3 Å². The third-order valence-corrected chi connectivity index (χ3v) is 6.04. The third-order valence-electron chi connectivity index (χ3n) is 5.79. The van der Waals surface area contributed by atoms with Crippen molar-refractivity contribution in [2.75, 3.05) is 11.5 Å². The number of nitro benzene ring substituents is 1. The van der Waals surface area contributed by atoms with Crippen molar-refractivity contribution in [2.24, 2.45) is 5.73 Å². The maximum Gasteiger partial charge on any atom is 0.338 e. The van der Waals surface area contributed by atoms with E-state index in [4.69, 9.17) is 22.1 Å². The molecule has 2 N–H and O–H groups in total. The van der Waals surface area contributed by atoms with E-state index in [-0.39, 0.29) is 29.5 Å². The van der Waals surface area contributed by atoms with Crippen molar-refractivity contribution in [3.05, 3.63) is 91.9 Å². The van der Waals surface area contributed by atoms with Crippen molar-refractivity contribution in [1.82, 2.24) is 0 Å². The first-order valence-electron chi connectivity index (χ1n) is 10.6. The Kier molecular flexibility index (Phi) is 6.20. The summed E-state index contributed by atoms with van der Waals surface area (Å²) in [4.78, 5) is 38.8. The van der Waals surface area contributed by atoms with Crippen molar-refractivity contribution in [1.29, 1.82) is 0 Å². The predicted octanol–water partition coefficient (Wildman–Crippen LogP) is 4.59. The lowest BCUT2D eigenvalue weighted by Gasteiger charge is -2.40. The van der Waals surface area contributed by atoms with E-state index in [1.54, 1.807) is 48.2 Å². The van der Waals surface area contributed by atoms with Crippen LogP contribution in [0.1, 0.15) is 37.7 Å². The first kappa shape index (κ1) is 22.5. The van der Waals surface area contributed by atoms with Crippen molar-refractivity contribution in [3.8, 4) is 0 Å². The number of benzene rings is 2. The molecule has 1 atom stereocenters. The SMILES string of the molecule is CCOC(=O)C1=C(N)N(c2cccc([N+](=O)[O-])c2)C2=C(C(=O)CCC2)[C@H]1c1ccc(Cl)cc1. The highest BCUT2D eigenvalue weighted by molar-refractivity contribution is 6.30. The first-order valence-corrected chi connectivity index (χ1v) is 10.9. The second kappa shape index (κ2) is 9.07. The van der Waals surface area contributed by atoms with Gasteiger partial charge in [0.25, 0.3) is 5.69 Å². The van der Waals surface area contributed by atoms with Gasteiger partial charge in [0.1, 0.15) is 5.82 Å². The highest BCUT2D eigenvalue weighted by atomic mass is 35.5. The molecular formula is C24H22ClN3O5. The van der Waals surface area contributed by atoms with Gasteiger partial charge in [0.15, 0.2) is 5.78 Å². The quantitative estimate of drug-likeness (QED) is 0.388. The summed E-state index contributed by atoms with van der Waals surface area (Å²) in [6.45, 7) is 1.81. The molecule has 170 valence electrons. The van der Waals surface area contributed by atoms with Gasteiger partial charge in [0.05, 0.1) is 28.7 Å². The smallest absolute Gasteiger partial charge is 0.338 e. The second-order valence-electron chi connectivity index (χ2n) is 7.75. The molecule has 0 radical (unpaired) electrons. The largest absolute Gasteiger partial charge is 0.463 e. The van der Waals surface area contributed by atoms with E-state index >= 15 is 0 Å². The lowest BCUT2D eigenvalue weighted by atomic mass is 9.75. The van der Waals surface area contributed by atoms with E-state index in [0.717, 1.165) is 0 Å². The summed E-state index contributed by atoms with van der Waals surface area (Å²) in [5.74, 6) is -1.38. The molecule has 0 spiro atoms. The van der Waals surface area contributed by atoms with Crippen LogP contribution in [0.15, 0.2) is 71.2 Å². The summed E-state index contributed by atoms with van der Waals surface area (Å²) in [5.41, 5.74) is 8.77. The Morgan fingerprint density at radius 1 is 1.24 bits per heavy atom. The molecule has 4 rings (SSSR count). The zero-order valence-electron chi connectivity index (χ0n) is 17.9. The van der Waals surface area contributed by atoms with E-state index in [0.29, 0.717) is 46.8 Å². The lowest BCUT2D eigenvalue weighted by molar-refractivity contribution is -0.384. The Morgan fingerprint density at radius 3 is 2.64 bits per heavy atom. The van der Waals surface area contributed by atoms with E-state index < -0.39 is 16.8 Å². The number of nitrogens with two attached hydrogens (primary N) is 1. The number of carbonyl (C=O) groups excluding carboxylic acids is 2. The normalized spacial score (nSPS) is 18.3. The van der Waals surface area contributed by atoms with Gasteiger partial charge in [-0.25, -0.2) is 4.79 Å². The molecule has 8 nitrogen and oxygen atoms in total. The van der Waals surface area contributed by atoms with Gasteiger partial charge in [-0.1, -0.05) is 29.8 Å². The van der Waals surface area contributed by atoms with Gasteiger partial charge >= 0.3 is 5.97 Å². The molecule has 0 saturated heterocycles. The Morgan fingerprint density at radius 2 is 1.97 bits per heavy atom. The first-order chi connectivity index (χ1) is 15.8. The fourth-order valence-electron chi connectivity index (χ4n) is 4.43. The second-order valence-corrected chi connectivity index (χ2v) is 8.19. The molecule has 0 bridgehead atoms. The number of carbonyl (C=O) groups is 2. The van der Waals surface area contributed by atoms with Gasteiger partial charge in [-0.2, -0.15) is 0 Å². The van der Waals surface area contributed by atoms with Crippen molar-refractivity contribution >= 4 is 34.7 Å². The minimum atomic E-state index is -0.723. The highest BCUT2D eigenvalue weighted by Crippen LogP contribution is 2.47. The number of rotatable bonds is 5. The van der Waals surface area contributed by atoms with Gasteiger partial charge < -0.3 is 10.5 Å². The van der Waals surface area contributed by atoms with E-state index in [9.17, 15) is 19.7 Å². The number of non-ortho nitro benzene ring substituents is 1. The Labute approximate surface area is 195 Å². The van der Waals surface area contributed by atoms with Crippen LogP contribution in [0.3, 0.4) is 0 Å². The zero-order valence-corrected chi connectivity index (χ0v) is 18.7. The van der Waals surface area contributed by atoms with Gasteiger partial charge in [-0.3, -0.25) is 19.8 Å². The summed E-state index contributed by atoms with van der Waals surface area (Å²) in [7, 11) is 0. The van der Waals surface area contributed by atoms with Crippen LogP contribution in [-0.4, -0.2) is 23.3 Å². The molecular weight excluding hydrogens is 446 g/mol. The van der Waals surface area contributed by atoms with Crippen LogP contribution in [0.2, 0.25) is 5.02 Å². The zero-order chi connectivity index (χ0) is 23.7. The Balaban J connectivity index is 1.99. The number of Topliss-reactive ketones (excluding diaryl/α,β-unsaturated/α-hetero) is 1. The number of hydrogen-bond acceptors (Lipinski definition) is 7. The summed E-state index contributed by atoms with van der Waals surface area (Å²) in [6.07, 6.45) is 1.48. The molecule has 2 aliphatic rings. The number of allylic oxidation sites excluding steroid dienone is 2. The van der Waals surface area contributed by atoms with Crippen LogP contribution in [0.25, 0.3) is 0 Å². The number of nitro groups is 1.